The van der Waals surface area contributed by atoms with Crippen LogP contribution in [-0.4, -0.2) is 44.2 Å². The molecule has 1 N–H and O–H groups in total. The van der Waals surface area contributed by atoms with Crippen LogP contribution in [0.25, 0.3) is 11.1 Å². The Bertz CT molecular complexity index is 813. The van der Waals surface area contributed by atoms with E-state index in [1.165, 1.54) is 12.1 Å². The van der Waals surface area contributed by atoms with Gasteiger partial charge in [0.05, 0.1) is 12.5 Å². The van der Waals surface area contributed by atoms with Crippen molar-refractivity contribution >= 4 is 5.91 Å². The lowest BCUT2D eigenvalue weighted by molar-refractivity contribution is -0.127. The molecule has 0 saturated carbocycles. The first-order valence-corrected chi connectivity index (χ1v) is 9.60. The van der Waals surface area contributed by atoms with Gasteiger partial charge >= 0.3 is 0 Å². The van der Waals surface area contributed by atoms with Crippen molar-refractivity contribution in [3.8, 4) is 11.1 Å². The number of rotatable bonds is 7. The minimum Gasteiger partial charge on any atom is -0.383 e. The summed E-state index contributed by atoms with van der Waals surface area (Å²) >= 11 is 0. The van der Waals surface area contributed by atoms with Crippen molar-refractivity contribution in [3.05, 3.63) is 59.7 Å². The Balaban J connectivity index is 1.64. The van der Waals surface area contributed by atoms with Gasteiger partial charge in [-0.2, -0.15) is 0 Å². The predicted octanol–water partition coefficient (Wildman–Crippen LogP) is 3.61. The molecule has 1 fully saturated rings. The fourth-order valence-electron chi connectivity index (χ4n) is 3.65. The van der Waals surface area contributed by atoms with Crippen molar-refractivity contribution in [2.45, 2.75) is 19.4 Å². The number of ether oxygens (including phenoxy) is 1. The molecular formula is C22H26F2N2O2. The molecule has 0 radical (unpaired) electrons. The normalized spacial score (nSPS) is 17.5. The summed E-state index contributed by atoms with van der Waals surface area (Å²) in [5.41, 5.74) is 2.15. The van der Waals surface area contributed by atoms with E-state index in [9.17, 15) is 13.6 Å². The van der Waals surface area contributed by atoms with Crippen LogP contribution in [0, 0.1) is 17.6 Å². The maximum atomic E-state index is 14.1. The van der Waals surface area contributed by atoms with Gasteiger partial charge in [-0.3, -0.25) is 9.69 Å². The van der Waals surface area contributed by atoms with Crippen LogP contribution in [0.1, 0.15) is 18.4 Å². The van der Waals surface area contributed by atoms with Crippen LogP contribution < -0.4 is 5.32 Å². The molecule has 1 aliphatic rings. The van der Waals surface area contributed by atoms with Crippen molar-refractivity contribution in [1.29, 1.82) is 0 Å². The van der Waals surface area contributed by atoms with E-state index in [0.29, 0.717) is 31.8 Å². The standard InChI is InChI=1S/C22H26F2N2O2/c1-28-11-9-25-22(27)18-6-3-10-26(15-18)14-16-4-2-5-17(12-16)20-8-7-19(23)13-21(20)24/h2,4-5,7-8,12-13,18H,3,6,9-11,14-15H2,1H3,(H,25,27). The van der Waals surface area contributed by atoms with E-state index in [4.69, 9.17) is 4.74 Å². The van der Waals surface area contributed by atoms with Crippen molar-refractivity contribution in [2.75, 3.05) is 33.4 Å². The largest absolute Gasteiger partial charge is 0.383 e. The van der Waals surface area contributed by atoms with Gasteiger partial charge in [0.25, 0.3) is 0 Å². The van der Waals surface area contributed by atoms with Crippen LogP contribution in [-0.2, 0) is 16.1 Å². The second-order valence-electron chi connectivity index (χ2n) is 7.18. The monoisotopic (exact) mass is 388 g/mol. The minimum atomic E-state index is -0.583. The highest BCUT2D eigenvalue weighted by atomic mass is 19.1. The number of nitrogens with zero attached hydrogens (tertiary/aromatic N) is 1. The van der Waals surface area contributed by atoms with Gasteiger partial charge in [-0.25, -0.2) is 8.78 Å². The number of piperidine rings is 1. The highest BCUT2D eigenvalue weighted by Crippen LogP contribution is 2.26. The van der Waals surface area contributed by atoms with Gasteiger partial charge in [-0.05, 0) is 48.7 Å². The smallest absolute Gasteiger partial charge is 0.224 e. The lowest BCUT2D eigenvalue weighted by Crippen LogP contribution is -2.43. The lowest BCUT2D eigenvalue weighted by atomic mass is 9.96. The first-order chi connectivity index (χ1) is 13.6. The molecule has 0 bridgehead atoms. The number of benzene rings is 2. The first kappa shape index (κ1) is 20.4. The van der Waals surface area contributed by atoms with Crippen LogP contribution in [0.3, 0.4) is 0 Å². The SMILES string of the molecule is COCCNC(=O)C1CCCN(Cc2cccc(-c3ccc(F)cc3F)c2)C1. The molecule has 0 spiro atoms. The second kappa shape index (κ2) is 9.75. The van der Waals surface area contributed by atoms with E-state index in [1.807, 2.05) is 24.3 Å². The average Bonchev–Trinajstić information content (AvgIpc) is 2.68. The molecule has 3 rings (SSSR count). The van der Waals surface area contributed by atoms with Gasteiger partial charge in [-0.15, -0.1) is 0 Å². The van der Waals surface area contributed by atoms with Gasteiger partial charge < -0.3 is 10.1 Å². The molecule has 0 aromatic heterocycles. The maximum absolute atomic E-state index is 14.1. The Morgan fingerprint density at radius 1 is 1.25 bits per heavy atom. The topological polar surface area (TPSA) is 41.6 Å². The zero-order valence-corrected chi connectivity index (χ0v) is 16.1. The Hall–Kier alpha value is -2.31. The fraction of sp³-hybridized carbons (Fsp3) is 0.409. The van der Waals surface area contributed by atoms with Crippen LogP contribution >= 0.6 is 0 Å². The van der Waals surface area contributed by atoms with E-state index in [0.717, 1.165) is 36.6 Å². The van der Waals surface area contributed by atoms with E-state index in [1.54, 1.807) is 7.11 Å². The molecule has 1 saturated heterocycles. The summed E-state index contributed by atoms with van der Waals surface area (Å²) in [5.74, 6) is -1.10. The first-order valence-electron chi connectivity index (χ1n) is 9.60. The van der Waals surface area contributed by atoms with Crippen LogP contribution in [0.5, 0.6) is 0 Å². The summed E-state index contributed by atoms with van der Waals surface area (Å²) in [5, 5.41) is 2.92. The number of amides is 1. The molecule has 1 unspecified atom stereocenters. The predicted molar refractivity (Wildman–Crippen MR) is 105 cm³/mol. The Morgan fingerprint density at radius 2 is 2.11 bits per heavy atom. The zero-order valence-electron chi connectivity index (χ0n) is 16.1. The number of carbonyl (C=O) groups excluding carboxylic acids is 1. The average molecular weight is 388 g/mol. The Kier molecular flexibility index (Phi) is 7.12. The second-order valence-corrected chi connectivity index (χ2v) is 7.18. The molecular weight excluding hydrogens is 362 g/mol. The highest BCUT2D eigenvalue weighted by molar-refractivity contribution is 5.78. The molecule has 28 heavy (non-hydrogen) atoms. The molecule has 1 atom stereocenters. The molecule has 4 nitrogen and oxygen atoms in total. The summed E-state index contributed by atoms with van der Waals surface area (Å²) in [6.45, 7) is 3.36. The molecule has 6 heteroatoms. The van der Waals surface area contributed by atoms with Gasteiger partial charge in [0.15, 0.2) is 0 Å². The van der Waals surface area contributed by atoms with Gasteiger partial charge in [0, 0.05) is 38.4 Å². The van der Waals surface area contributed by atoms with E-state index in [-0.39, 0.29) is 11.8 Å². The lowest BCUT2D eigenvalue weighted by Gasteiger charge is -2.32. The number of nitrogens with one attached hydrogen (secondary N) is 1. The van der Waals surface area contributed by atoms with E-state index < -0.39 is 11.6 Å². The summed E-state index contributed by atoms with van der Waals surface area (Å²) in [6.07, 6.45) is 1.85. The van der Waals surface area contributed by atoms with Gasteiger partial charge in [0.2, 0.25) is 5.91 Å². The van der Waals surface area contributed by atoms with Gasteiger partial charge in [0.1, 0.15) is 11.6 Å². The molecule has 2 aromatic rings. The maximum Gasteiger partial charge on any atom is 0.224 e. The van der Waals surface area contributed by atoms with E-state index in [2.05, 4.69) is 10.2 Å². The van der Waals surface area contributed by atoms with Crippen molar-refractivity contribution in [2.24, 2.45) is 5.92 Å². The third-order valence-electron chi connectivity index (χ3n) is 5.06. The number of methoxy groups -OCH3 is 1. The molecule has 1 aliphatic heterocycles. The van der Waals surface area contributed by atoms with Crippen molar-refractivity contribution in [3.63, 3.8) is 0 Å². The summed E-state index contributed by atoms with van der Waals surface area (Å²) in [4.78, 5) is 14.6. The molecule has 150 valence electrons. The van der Waals surface area contributed by atoms with Gasteiger partial charge in [-0.1, -0.05) is 18.2 Å². The highest BCUT2D eigenvalue weighted by Gasteiger charge is 2.25. The third-order valence-corrected chi connectivity index (χ3v) is 5.06. The third kappa shape index (κ3) is 5.36. The van der Waals surface area contributed by atoms with Crippen molar-refractivity contribution < 1.29 is 18.3 Å². The molecule has 1 heterocycles. The zero-order chi connectivity index (χ0) is 19.9. The number of hydrogen-bond acceptors (Lipinski definition) is 3. The molecule has 2 aromatic carbocycles. The van der Waals surface area contributed by atoms with Crippen LogP contribution in [0.2, 0.25) is 0 Å². The summed E-state index contributed by atoms with van der Waals surface area (Å²) in [7, 11) is 1.61. The fourth-order valence-corrected chi connectivity index (χ4v) is 3.65. The number of likely N-dealkylation sites (tertiary alicyclic amines) is 1. The quantitative estimate of drug-likeness (QED) is 0.737. The number of carbonyl (C=O) groups is 1. The summed E-state index contributed by atoms with van der Waals surface area (Å²) in [6, 6.07) is 11.3. The Labute approximate surface area is 164 Å². The summed E-state index contributed by atoms with van der Waals surface area (Å²) < 4.78 is 32.2. The van der Waals surface area contributed by atoms with Crippen LogP contribution in [0.4, 0.5) is 8.78 Å². The van der Waals surface area contributed by atoms with E-state index >= 15 is 0 Å². The minimum absolute atomic E-state index is 0.0247. The molecule has 0 aliphatic carbocycles. The van der Waals surface area contributed by atoms with Crippen LogP contribution in [0.15, 0.2) is 42.5 Å². The van der Waals surface area contributed by atoms with Crippen molar-refractivity contribution in [1.82, 2.24) is 10.2 Å². The molecule has 1 amide bonds. The number of halogens is 2. The Morgan fingerprint density at radius 3 is 2.89 bits per heavy atom. The number of hydrogen-bond donors (Lipinski definition) is 1.